The number of hydrogen-bond donors (Lipinski definition) is 2. The van der Waals surface area contributed by atoms with Gasteiger partial charge in [-0.1, -0.05) is 24.3 Å². The van der Waals surface area contributed by atoms with E-state index in [0.29, 0.717) is 4.90 Å². The van der Waals surface area contributed by atoms with E-state index in [1.54, 1.807) is 48.7 Å². The highest BCUT2D eigenvalue weighted by molar-refractivity contribution is 7.90. The van der Waals surface area contributed by atoms with Crippen molar-refractivity contribution in [1.82, 2.24) is 9.97 Å². The molecule has 0 fully saturated rings. The number of rotatable bonds is 3. The quantitative estimate of drug-likeness (QED) is 0.575. The van der Waals surface area contributed by atoms with Crippen LogP contribution >= 0.6 is 0 Å². The molecular formula is C20H16N2O3S. The van der Waals surface area contributed by atoms with Crippen molar-refractivity contribution in [2.75, 3.05) is 6.26 Å². The van der Waals surface area contributed by atoms with Crippen LogP contribution in [0.3, 0.4) is 0 Å². The van der Waals surface area contributed by atoms with Gasteiger partial charge in [-0.15, -0.1) is 0 Å². The number of phenols is 1. The number of aromatic hydroxyl groups is 1. The maximum absolute atomic E-state index is 11.6. The van der Waals surface area contributed by atoms with Crippen LogP contribution in [0.5, 0.6) is 5.75 Å². The lowest BCUT2D eigenvalue weighted by Crippen LogP contribution is -1.96. The van der Waals surface area contributed by atoms with Gasteiger partial charge in [0.2, 0.25) is 0 Å². The normalized spacial score (nSPS) is 11.7. The minimum absolute atomic E-state index is 0.202. The molecular weight excluding hydrogens is 348 g/mol. The number of H-pyrrole nitrogens is 1. The zero-order valence-electron chi connectivity index (χ0n) is 14.0. The molecule has 0 aliphatic rings. The number of nitrogens with zero attached hydrogens (tertiary/aromatic N) is 1. The van der Waals surface area contributed by atoms with Crippen molar-refractivity contribution in [2.24, 2.45) is 0 Å². The van der Waals surface area contributed by atoms with Crippen LogP contribution in [-0.2, 0) is 9.84 Å². The highest BCUT2D eigenvalue weighted by Crippen LogP contribution is 2.32. The lowest BCUT2D eigenvalue weighted by atomic mass is 10.0. The molecule has 2 N–H and O–H groups in total. The van der Waals surface area contributed by atoms with Crippen LogP contribution in [0.25, 0.3) is 33.3 Å². The lowest BCUT2D eigenvalue weighted by Gasteiger charge is -2.05. The first-order valence-electron chi connectivity index (χ1n) is 7.99. The summed E-state index contributed by atoms with van der Waals surface area (Å²) in [5.41, 5.74) is 4.35. The molecule has 26 heavy (non-hydrogen) atoms. The monoisotopic (exact) mass is 364 g/mol. The zero-order chi connectivity index (χ0) is 18.3. The van der Waals surface area contributed by atoms with Crippen molar-refractivity contribution in [2.45, 2.75) is 4.90 Å². The molecule has 2 aromatic heterocycles. The average Bonchev–Trinajstić information content (AvgIpc) is 3.04. The fourth-order valence-corrected chi connectivity index (χ4v) is 3.60. The number of phenolic OH excluding ortho intramolecular Hbond substituents is 1. The molecule has 2 heterocycles. The lowest BCUT2D eigenvalue weighted by molar-refractivity contribution is 0.475. The topological polar surface area (TPSA) is 83.0 Å². The van der Waals surface area contributed by atoms with Gasteiger partial charge in [0.05, 0.1) is 4.90 Å². The van der Waals surface area contributed by atoms with Crippen molar-refractivity contribution in [3.63, 3.8) is 0 Å². The number of aromatic nitrogens is 2. The SMILES string of the molecule is CS(=O)(=O)c1ccc(-c2c[nH]c3ncc(-c4cccc(O)c4)cc23)cc1. The van der Waals surface area contributed by atoms with E-state index in [2.05, 4.69) is 9.97 Å². The molecule has 0 spiro atoms. The summed E-state index contributed by atoms with van der Waals surface area (Å²) < 4.78 is 23.3. The van der Waals surface area contributed by atoms with Crippen LogP contribution in [-0.4, -0.2) is 29.7 Å². The third-order valence-electron chi connectivity index (χ3n) is 4.30. The van der Waals surface area contributed by atoms with E-state index >= 15 is 0 Å². The molecule has 0 radical (unpaired) electrons. The second-order valence-electron chi connectivity index (χ2n) is 6.17. The zero-order valence-corrected chi connectivity index (χ0v) is 14.8. The second kappa shape index (κ2) is 6.00. The number of hydrogen-bond acceptors (Lipinski definition) is 4. The van der Waals surface area contributed by atoms with Crippen LogP contribution in [0.1, 0.15) is 0 Å². The van der Waals surface area contributed by atoms with Crippen LogP contribution in [0, 0.1) is 0 Å². The van der Waals surface area contributed by atoms with E-state index in [4.69, 9.17) is 0 Å². The molecule has 0 aliphatic carbocycles. The standard InChI is InChI=1S/C20H16N2O3S/c1-26(24,25)17-7-5-13(6-8-17)19-12-22-20-18(19)10-15(11-21-20)14-3-2-4-16(23)9-14/h2-12,23H,1H3,(H,21,22). The average molecular weight is 364 g/mol. The number of nitrogens with one attached hydrogen (secondary N) is 1. The Bertz CT molecular complexity index is 1210. The molecule has 0 amide bonds. The molecule has 0 saturated heterocycles. The molecule has 2 aromatic carbocycles. The molecule has 0 aliphatic heterocycles. The highest BCUT2D eigenvalue weighted by atomic mass is 32.2. The summed E-state index contributed by atoms with van der Waals surface area (Å²) in [6.45, 7) is 0. The van der Waals surface area contributed by atoms with Gasteiger partial charge in [-0.05, 0) is 41.5 Å². The predicted octanol–water partition coefficient (Wildman–Crippen LogP) is 4.01. The number of aromatic amines is 1. The van der Waals surface area contributed by atoms with Gasteiger partial charge < -0.3 is 10.1 Å². The summed E-state index contributed by atoms with van der Waals surface area (Å²) in [5.74, 6) is 0.202. The van der Waals surface area contributed by atoms with E-state index in [9.17, 15) is 13.5 Å². The van der Waals surface area contributed by atoms with Gasteiger partial charge in [0, 0.05) is 35.2 Å². The van der Waals surface area contributed by atoms with E-state index in [0.717, 1.165) is 33.3 Å². The summed E-state index contributed by atoms with van der Waals surface area (Å²) in [6, 6.07) is 15.8. The van der Waals surface area contributed by atoms with Gasteiger partial charge in [0.1, 0.15) is 11.4 Å². The van der Waals surface area contributed by atoms with Crippen LogP contribution < -0.4 is 0 Å². The maximum Gasteiger partial charge on any atom is 0.175 e. The Hall–Kier alpha value is -3.12. The molecule has 6 heteroatoms. The molecule has 0 atom stereocenters. The van der Waals surface area contributed by atoms with Crippen LogP contribution in [0.15, 0.2) is 71.9 Å². The number of pyridine rings is 1. The third kappa shape index (κ3) is 2.95. The Morgan fingerprint density at radius 3 is 2.42 bits per heavy atom. The minimum atomic E-state index is -3.22. The van der Waals surface area contributed by atoms with E-state index in [-0.39, 0.29) is 5.75 Å². The smallest absolute Gasteiger partial charge is 0.175 e. The van der Waals surface area contributed by atoms with E-state index < -0.39 is 9.84 Å². The maximum atomic E-state index is 11.6. The summed E-state index contributed by atoms with van der Waals surface area (Å²) >= 11 is 0. The van der Waals surface area contributed by atoms with E-state index in [1.165, 1.54) is 6.26 Å². The molecule has 0 bridgehead atoms. The molecule has 4 rings (SSSR count). The summed E-state index contributed by atoms with van der Waals surface area (Å²) in [7, 11) is -3.22. The van der Waals surface area contributed by atoms with Gasteiger partial charge in [-0.25, -0.2) is 13.4 Å². The second-order valence-corrected chi connectivity index (χ2v) is 8.19. The number of fused-ring (bicyclic) bond motifs is 1. The number of benzene rings is 2. The first-order valence-corrected chi connectivity index (χ1v) is 9.88. The predicted molar refractivity (Wildman–Crippen MR) is 102 cm³/mol. The molecule has 5 nitrogen and oxygen atoms in total. The van der Waals surface area contributed by atoms with Gasteiger partial charge in [-0.3, -0.25) is 0 Å². The Labute approximate surface area is 150 Å². The van der Waals surface area contributed by atoms with Gasteiger partial charge >= 0.3 is 0 Å². The Balaban J connectivity index is 1.82. The number of sulfone groups is 1. The molecule has 4 aromatic rings. The summed E-state index contributed by atoms with van der Waals surface area (Å²) in [6.07, 6.45) is 4.81. The van der Waals surface area contributed by atoms with Crippen molar-refractivity contribution in [1.29, 1.82) is 0 Å². The largest absolute Gasteiger partial charge is 0.508 e. The Morgan fingerprint density at radius 1 is 0.962 bits per heavy atom. The van der Waals surface area contributed by atoms with Crippen molar-refractivity contribution < 1.29 is 13.5 Å². The minimum Gasteiger partial charge on any atom is -0.508 e. The first-order chi connectivity index (χ1) is 12.4. The fourth-order valence-electron chi connectivity index (χ4n) is 2.97. The summed E-state index contributed by atoms with van der Waals surface area (Å²) in [4.78, 5) is 7.89. The Kier molecular flexibility index (Phi) is 3.77. The van der Waals surface area contributed by atoms with E-state index in [1.807, 2.05) is 18.3 Å². The van der Waals surface area contributed by atoms with Gasteiger partial charge in [-0.2, -0.15) is 0 Å². The van der Waals surface area contributed by atoms with Crippen LogP contribution in [0.4, 0.5) is 0 Å². The van der Waals surface area contributed by atoms with Crippen molar-refractivity contribution in [3.8, 4) is 28.0 Å². The molecule has 130 valence electrons. The third-order valence-corrected chi connectivity index (χ3v) is 5.43. The van der Waals surface area contributed by atoms with Gasteiger partial charge in [0.25, 0.3) is 0 Å². The van der Waals surface area contributed by atoms with Crippen LogP contribution in [0.2, 0.25) is 0 Å². The summed E-state index contributed by atoms with van der Waals surface area (Å²) in [5, 5.41) is 10.6. The molecule has 0 saturated carbocycles. The van der Waals surface area contributed by atoms with Gasteiger partial charge in [0.15, 0.2) is 9.84 Å². The fraction of sp³-hybridized carbons (Fsp3) is 0.0500. The van der Waals surface area contributed by atoms with Crippen molar-refractivity contribution in [3.05, 3.63) is 67.0 Å². The Morgan fingerprint density at radius 2 is 1.73 bits per heavy atom. The molecule has 0 unspecified atom stereocenters. The first kappa shape index (κ1) is 16.4. The van der Waals surface area contributed by atoms with Crippen molar-refractivity contribution >= 4 is 20.9 Å². The highest BCUT2D eigenvalue weighted by Gasteiger charge is 2.11.